The number of aryl methyl sites for hydroxylation is 1. The number of thiol groups is 1. The average molecular weight is 263 g/mol. The molecule has 2 heteroatoms. The first-order chi connectivity index (χ1) is 8.72. The van der Waals surface area contributed by atoms with Crippen LogP contribution in [0.5, 0.6) is 5.75 Å². The highest BCUT2D eigenvalue weighted by Crippen LogP contribution is 2.09. The fourth-order valence-corrected chi connectivity index (χ4v) is 1.58. The summed E-state index contributed by atoms with van der Waals surface area (Å²) in [6.45, 7) is 6.08. The van der Waals surface area contributed by atoms with Gasteiger partial charge in [-0.25, -0.2) is 0 Å². The van der Waals surface area contributed by atoms with Crippen molar-refractivity contribution in [2.75, 3.05) is 6.26 Å². The van der Waals surface area contributed by atoms with Crippen LogP contribution in [0.4, 0.5) is 0 Å². The fourth-order valence-electron chi connectivity index (χ4n) is 1.14. The third-order valence-corrected chi connectivity index (χ3v) is 2.86. The highest BCUT2D eigenvalue weighted by atomic mass is 32.2. The van der Waals surface area contributed by atoms with Crippen molar-refractivity contribution in [3.8, 4) is 5.75 Å². The summed E-state index contributed by atoms with van der Waals surface area (Å²) in [5.74, 6) is 0.336. The van der Waals surface area contributed by atoms with Crippen LogP contribution in [0.2, 0.25) is 0 Å². The van der Waals surface area contributed by atoms with Crippen molar-refractivity contribution in [1.82, 2.24) is 0 Å². The van der Waals surface area contributed by atoms with Crippen LogP contribution in [0.15, 0.2) is 59.5 Å². The maximum Gasteiger partial charge on any atom is 0.152 e. The number of benzene rings is 2. The Morgan fingerprint density at radius 3 is 1.67 bits per heavy atom. The van der Waals surface area contributed by atoms with Crippen molar-refractivity contribution in [2.45, 2.75) is 25.7 Å². The number of hydrogen-bond acceptors (Lipinski definition) is 1. The van der Waals surface area contributed by atoms with E-state index in [9.17, 15) is 0 Å². The van der Waals surface area contributed by atoms with Gasteiger partial charge in [-0.1, -0.05) is 49.7 Å². The van der Waals surface area contributed by atoms with Crippen molar-refractivity contribution in [3.05, 3.63) is 60.2 Å². The van der Waals surface area contributed by atoms with Gasteiger partial charge < -0.3 is 5.11 Å². The van der Waals surface area contributed by atoms with Crippen molar-refractivity contribution >= 4 is 11.8 Å². The van der Waals surface area contributed by atoms with Gasteiger partial charge in [-0.05, 0) is 31.2 Å². The minimum absolute atomic E-state index is 0.336. The molecule has 2 aromatic carbocycles. The summed E-state index contributed by atoms with van der Waals surface area (Å²) in [6, 6.07) is 17.5. The number of hydrogen-bond donors (Lipinski definition) is 1. The molecule has 0 unspecified atom stereocenters. The van der Waals surface area contributed by atoms with E-state index in [-0.39, 0.29) is 0 Å². The van der Waals surface area contributed by atoms with E-state index < -0.39 is 0 Å². The van der Waals surface area contributed by atoms with E-state index in [0.29, 0.717) is 5.75 Å². The summed E-state index contributed by atoms with van der Waals surface area (Å²) in [6.07, 6.45) is 2.06. The van der Waals surface area contributed by atoms with Gasteiger partial charge in [-0.15, -0.1) is 0 Å². The van der Waals surface area contributed by atoms with Crippen molar-refractivity contribution < 1.29 is 5.11 Å². The SMILES string of the molecule is CC.C[SH+]c1ccc(O)cc1.Cc1ccccc1. The van der Waals surface area contributed by atoms with E-state index in [1.807, 2.05) is 44.2 Å². The zero-order valence-corrected chi connectivity index (χ0v) is 12.5. The molecule has 0 spiro atoms. The molecule has 98 valence electrons. The first kappa shape index (κ1) is 16.6. The van der Waals surface area contributed by atoms with Crippen LogP contribution in [0.1, 0.15) is 19.4 Å². The lowest BCUT2D eigenvalue weighted by atomic mass is 10.2. The Morgan fingerprint density at radius 2 is 1.33 bits per heavy atom. The predicted molar refractivity (Wildman–Crippen MR) is 83.6 cm³/mol. The molecule has 0 bridgehead atoms. The first-order valence-electron chi connectivity index (χ1n) is 6.13. The monoisotopic (exact) mass is 263 g/mol. The van der Waals surface area contributed by atoms with Gasteiger partial charge in [0.05, 0.1) is 0 Å². The first-order valence-corrected chi connectivity index (χ1v) is 7.47. The lowest BCUT2D eigenvalue weighted by Gasteiger charge is -1.87. The fraction of sp³-hybridized carbons (Fsp3) is 0.250. The zero-order valence-electron chi connectivity index (χ0n) is 11.6. The summed E-state index contributed by atoms with van der Waals surface area (Å²) < 4.78 is 0. The molecule has 0 heterocycles. The molecule has 0 aliphatic rings. The maximum atomic E-state index is 8.85. The normalized spacial score (nSPS) is 8.44. The Balaban J connectivity index is 0.000000289. The van der Waals surface area contributed by atoms with Crippen LogP contribution in [0, 0.1) is 6.92 Å². The van der Waals surface area contributed by atoms with Gasteiger partial charge in [0.25, 0.3) is 0 Å². The Bertz CT molecular complexity index is 395. The average Bonchev–Trinajstić information content (AvgIpc) is 2.43. The quantitative estimate of drug-likeness (QED) is 0.603. The zero-order chi connectivity index (χ0) is 13.8. The second-order valence-corrected chi connectivity index (χ2v) is 4.36. The highest BCUT2D eigenvalue weighted by Gasteiger charge is 1.94. The van der Waals surface area contributed by atoms with Crippen molar-refractivity contribution in [2.24, 2.45) is 0 Å². The smallest absolute Gasteiger partial charge is 0.152 e. The summed E-state index contributed by atoms with van der Waals surface area (Å²) >= 11 is 1.24. The Kier molecular flexibility index (Phi) is 9.89. The van der Waals surface area contributed by atoms with E-state index in [0.717, 1.165) is 0 Å². The molecule has 1 nitrogen and oxygen atoms in total. The molecule has 0 aliphatic carbocycles. The minimum Gasteiger partial charge on any atom is -0.508 e. The molecule has 0 saturated heterocycles. The van der Waals surface area contributed by atoms with Crippen LogP contribution in [0.25, 0.3) is 0 Å². The number of aromatic hydroxyl groups is 1. The Morgan fingerprint density at radius 1 is 0.833 bits per heavy atom. The molecule has 1 N–H and O–H groups in total. The van der Waals surface area contributed by atoms with Crippen LogP contribution in [-0.4, -0.2) is 11.4 Å². The van der Waals surface area contributed by atoms with Gasteiger partial charge in [0.2, 0.25) is 0 Å². The molecule has 2 rings (SSSR count). The van der Waals surface area contributed by atoms with Gasteiger partial charge in [0, 0.05) is 11.8 Å². The number of rotatable bonds is 1. The lowest BCUT2D eigenvalue weighted by molar-refractivity contribution is 0.475. The molecule has 18 heavy (non-hydrogen) atoms. The Hall–Kier alpha value is -1.41. The molecule has 0 aliphatic heterocycles. The van der Waals surface area contributed by atoms with E-state index in [2.05, 4.69) is 25.3 Å². The summed E-state index contributed by atoms with van der Waals surface area (Å²) in [4.78, 5) is 1.23. The summed E-state index contributed by atoms with van der Waals surface area (Å²) in [5.41, 5.74) is 1.32. The van der Waals surface area contributed by atoms with Crippen LogP contribution in [-0.2, 0) is 11.8 Å². The topological polar surface area (TPSA) is 20.2 Å². The third kappa shape index (κ3) is 7.80. The molecule has 0 fully saturated rings. The van der Waals surface area contributed by atoms with Crippen molar-refractivity contribution in [3.63, 3.8) is 0 Å². The summed E-state index contributed by atoms with van der Waals surface area (Å²) in [5, 5.41) is 8.85. The lowest BCUT2D eigenvalue weighted by Crippen LogP contribution is -1.75. The minimum atomic E-state index is 0.336. The summed E-state index contributed by atoms with van der Waals surface area (Å²) in [7, 11) is 0. The standard InChI is InChI=1S/C7H8OS.C7H8.C2H6/c1-9-7-4-2-6(8)3-5-7;1-7-5-3-2-4-6-7;1-2/h2-5,8H,1H3;2-6H,1H3;1-2H3/p+1. The van der Waals surface area contributed by atoms with Gasteiger partial charge >= 0.3 is 0 Å². The molecule has 0 saturated carbocycles. The molecule has 2 aromatic rings. The van der Waals surface area contributed by atoms with Crippen LogP contribution in [0.3, 0.4) is 0 Å². The van der Waals surface area contributed by atoms with Gasteiger partial charge in [-0.2, -0.15) is 0 Å². The molecule has 0 aromatic heterocycles. The van der Waals surface area contributed by atoms with Crippen LogP contribution < -0.4 is 0 Å². The molecule has 0 amide bonds. The molecular formula is C16H23OS+. The van der Waals surface area contributed by atoms with Gasteiger partial charge in [0.15, 0.2) is 4.90 Å². The second kappa shape index (κ2) is 10.7. The largest absolute Gasteiger partial charge is 0.508 e. The number of phenolic OH excluding ortho intramolecular Hbond substituents is 1. The van der Waals surface area contributed by atoms with E-state index in [1.54, 1.807) is 12.1 Å². The van der Waals surface area contributed by atoms with Crippen LogP contribution >= 0.6 is 0 Å². The molecule has 0 radical (unpaired) electrons. The highest BCUT2D eigenvalue weighted by molar-refractivity contribution is 7.77. The van der Waals surface area contributed by atoms with Crippen molar-refractivity contribution in [1.29, 1.82) is 0 Å². The van der Waals surface area contributed by atoms with E-state index in [1.165, 1.54) is 22.2 Å². The third-order valence-electron chi connectivity index (χ3n) is 2.05. The second-order valence-electron chi connectivity index (χ2n) is 3.39. The number of phenols is 1. The Labute approximate surface area is 115 Å². The van der Waals surface area contributed by atoms with Gasteiger partial charge in [-0.3, -0.25) is 0 Å². The molecular weight excluding hydrogens is 240 g/mol. The van der Waals surface area contributed by atoms with E-state index in [4.69, 9.17) is 5.11 Å². The van der Waals surface area contributed by atoms with Gasteiger partial charge in [0.1, 0.15) is 12.0 Å². The maximum absolute atomic E-state index is 8.85. The molecule has 0 atom stereocenters. The van der Waals surface area contributed by atoms with E-state index >= 15 is 0 Å². The predicted octanol–water partition coefficient (Wildman–Crippen LogP) is 4.22.